The minimum atomic E-state index is -3.67. The fourth-order valence-corrected chi connectivity index (χ4v) is 6.63. The van der Waals surface area contributed by atoms with Crippen molar-refractivity contribution < 1.29 is 22.7 Å². The van der Waals surface area contributed by atoms with Crippen LogP contribution in [0.3, 0.4) is 0 Å². The topological polar surface area (TPSA) is 72.9 Å². The van der Waals surface area contributed by atoms with Crippen molar-refractivity contribution in [1.82, 2.24) is 0 Å². The van der Waals surface area contributed by atoms with Crippen molar-refractivity contribution in [2.45, 2.75) is 62.3 Å². The van der Waals surface area contributed by atoms with Gasteiger partial charge >= 0.3 is 5.97 Å². The normalized spacial score (nSPS) is 29.0. The maximum Gasteiger partial charge on any atom is 0.309 e. The second-order valence-corrected chi connectivity index (χ2v) is 9.89. The lowest BCUT2D eigenvalue weighted by molar-refractivity contribution is -0.145. The smallest absolute Gasteiger partial charge is 0.309 e. The van der Waals surface area contributed by atoms with Crippen LogP contribution in [0.25, 0.3) is 0 Å². The van der Waals surface area contributed by atoms with Crippen LogP contribution in [0.15, 0.2) is 23.1 Å². The van der Waals surface area contributed by atoms with Crippen LogP contribution in [0.2, 0.25) is 0 Å². The summed E-state index contributed by atoms with van der Waals surface area (Å²) in [6.07, 6.45) is 1.76. The van der Waals surface area contributed by atoms with Gasteiger partial charge in [0.05, 0.1) is 42.1 Å². The Hall–Kier alpha value is -1.60. The lowest BCUT2D eigenvalue weighted by atomic mass is 10.1. The number of carbonyl (C=O) groups excluding carboxylic acids is 1. The van der Waals surface area contributed by atoms with E-state index in [-0.39, 0.29) is 12.1 Å². The zero-order valence-corrected chi connectivity index (χ0v) is 17.3. The number of aryl methyl sites for hydroxylation is 1. The summed E-state index contributed by atoms with van der Waals surface area (Å²) in [5.41, 5.74) is 1.72. The molecule has 150 valence electrons. The van der Waals surface area contributed by atoms with E-state index in [4.69, 9.17) is 9.47 Å². The van der Waals surface area contributed by atoms with Crippen molar-refractivity contribution in [2.75, 3.05) is 25.2 Å². The summed E-state index contributed by atoms with van der Waals surface area (Å²) in [5, 5.41) is -0.724. The van der Waals surface area contributed by atoms with Gasteiger partial charge in [0.2, 0.25) is 0 Å². The summed E-state index contributed by atoms with van der Waals surface area (Å²) in [5.74, 6) is -1.02. The molecule has 4 atom stereocenters. The molecular formula is C20H29NO5S. The molecule has 0 amide bonds. The lowest BCUT2D eigenvalue weighted by Crippen LogP contribution is -2.50. The molecule has 0 radical (unpaired) electrons. The Morgan fingerprint density at radius 2 is 1.85 bits per heavy atom. The van der Waals surface area contributed by atoms with Crippen LogP contribution in [0, 0.1) is 12.8 Å². The number of sulfone groups is 1. The molecule has 0 N–H and O–H groups in total. The van der Waals surface area contributed by atoms with E-state index in [9.17, 15) is 13.2 Å². The second-order valence-electron chi connectivity index (χ2n) is 7.76. The van der Waals surface area contributed by atoms with Crippen LogP contribution in [0.1, 0.15) is 38.7 Å². The van der Waals surface area contributed by atoms with Crippen LogP contribution < -0.4 is 4.90 Å². The first kappa shape index (κ1) is 20.1. The maximum absolute atomic E-state index is 13.6. The van der Waals surface area contributed by atoms with E-state index in [0.29, 0.717) is 36.6 Å². The Labute approximate surface area is 161 Å². The first-order chi connectivity index (χ1) is 12.8. The minimum absolute atomic E-state index is 0.0736. The van der Waals surface area contributed by atoms with Crippen LogP contribution >= 0.6 is 0 Å². The average molecular weight is 396 g/mol. The molecule has 0 spiro atoms. The maximum atomic E-state index is 13.6. The van der Waals surface area contributed by atoms with Gasteiger partial charge < -0.3 is 14.4 Å². The van der Waals surface area contributed by atoms with Crippen LogP contribution in [-0.2, 0) is 24.1 Å². The standard InChI is InChI=1S/C20H29NO5S/c1-13-8-9-19(17(10-13)21-14(2)11-26-12-15(21)3)27(23,24)18-7-5-6-16(18)20(22)25-4/h8-10,14-16,18H,5-7,11-12H2,1-4H3/t14-,15-,16?,18?/m0/s1. The molecule has 2 aliphatic rings. The van der Waals surface area contributed by atoms with Crippen molar-refractivity contribution in [3.63, 3.8) is 0 Å². The lowest BCUT2D eigenvalue weighted by Gasteiger charge is -2.41. The van der Waals surface area contributed by atoms with E-state index < -0.39 is 27.0 Å². The van der Waals surface area contributed by atoms with Gasteiger partial charge in [-0.1, -0.05) is 12.5 Å². The molecule has 1 aliphatic heterocycles. The molecule has 2 fully saturated rings. The van der Waals surface area contributed by atoms with E-state index in [1.165, 1.54) is 7.11 Å². The number of esters is 1. The van der Waals surface area contributed by atoms with Gasteiger partial charge in [-0.05, 0) is 51.3 Å². The molecule has 6 nitrogen and oxygen atoms in total. The zero-order chi connectivity index (χ0) is 19.8. The molecule has 27 heavy (non-hydrogen) atoms. The Bertz CT molecular complexity index is 797. The molecular weight excluding hydrogens is 366 g/mol. The third kappa shape index (κ3) is 3.72. The molecule has 2 unspecified atom stereocenters. The minimum Gasteiger partial charge on any atom is -0.469 e. The third-order valence-electron chi connectivity index (χ3n) is 5.72. The second kappa shape index (κ2) is 7.80. The van der Waals surface area contributed by atoms with Crippen molar-refractivity contribution in [3.8, 4) is 0 Å². The number of carbonyl (C=O) groups is 1. The fourth-order valence-electron chi connectivity index (χ4n) is 4.43. The highest BCUT2D eigenvalue weighted by Crippen LogP contribution is 2.40. The van der Waals surface area contributed by atoms with E-state index in [1.807, 2.05) is 32.9 Å². The number of methoxy groups -OCH3 is 1. The van der Waals surface area contributed by atoms with E-state index in [1.54, 1.807) is 6.07 Å². The Kier molecular flexibility index (Phi) is 5.82. The van der Waals surface area contributed by atoms with Gasteiger partial charge in [0.25, 0.3) is 0 Å². The van der Waals surface area contributed by atoms with Crippen molar-refractivity contribution in [1.29, 1.82) is 0 Å². The molecule has 7 heteroatoms. The molecule has 1 saturated carbocycles. The van der Waals surface area contributed by atoms with Crippen molar-refractivity contribution >= 4 is 21.5 Å². The summed E-state index contributed by atoms with van der Waals surface area (Å²) in [4.78, 5) is 14.6. The molecule has 0 aromatic heterocycles. The Morgan fingerprint density at radius 1 is 1.19 bits per heavy atom. The highest BCUT2D eigenvalue weighted by molar-refractivity contribution is 7.92. The molecule has 1 heterocycles. The van der Waals surface area contributed by atoms with Gasteiger partial charge in [-0.25, -0.2) is 8.42 Å². The largest absolute Gasteiger partial charge is 0.469 e. The first-order valence-corrected chi connectivity index (χ1v) is 11.1. The Morgan fingerprint density at radius 3 is 2.48 bits per heavy atom. The van der Waals surface area contributed by atoms with Crippen LogP contribution in [0.5, 0.6) is 0 Å². The number of anilines is 1. The average Bonchev–Trinajstić information content (AvgIpc) is 3.11. The van der Waals surface area contributed by atoms with Crippen molar-refractivity contribution in [3.05, 3.63) is 23.8 Å². The number of nitrogens with zero attached hydrogens (tertiary/aromatic N) is 1. The van der Waals surface area contributed by atoms with Crippen molar-refractivity contribution in [2.24, 2.45) is 5.92 Å². The molecule has 0 bridgehead atoms. The van der Waals surface area contributed by atoms with Gasteiger partial charge in [-0.15, -0.1) is 0 Å². The number of benzene rings is 1. The molecule has 1 aromatic rings. The summed E-state index contributed by atoms with van der Waals surface area (Å²) in [7, 11) is -2.35. The van der Waals surface area contributed by atoms with E-state index >= 15 is 0 Å². The number of morpholine rings is 1. The van der Waals surface area contributed by atoms with Gasteiger partial charge in [-0.2, -0.15) is 0 Å². The summed E-state index contributed by atoms with van der Waals surface area (Å²) >= 11 is 0. The highest BCUT2D eigenvalue weighted by atomic mass is 32.2. The number of hydrogen-bond donors (Lipinski definition) is 0. The van der Waals surface area contributed by atoms with Gasteiger partial charge in [0.1, 0.15) is 0 Å². The SMILES string of the molecule is COC(=O)C1CCCC1S(=O)(=O)c1ccc(C)cc1N1[C@@H](C)COC[C@@H]1C. The zero-order valence-electron chi connectivity index (χ0n) is 16.5. The van der Waals surface area contributed by atoms with Gasteiger partial charge in [0, 0.05) is 12.1 Å². The van der Waals surface area contributed by atoms with Gasteiger partial charge in [-0.3, -0.25) is 4.79 Å². The fraction of sp³-hybridized carbons (Fsp3) is 0.650. The van der Waals surface area contributed by atoms with Gasteiger partial charge in [0.15, 0.2) is 9.84 Å². The number of hydrogen-bond acceptors (Lipinski definition) is 6. The number of rotatable bonds is 4. The van der Waals surface area contributed by atoms with E-state index in [0.717, 1.165) is 12.0 Å². The Balaban J connectivity index is 2.07. The quantitative estimate of drug-likeness (QED) is 0.730. The van der Waals surface area contributed by atoms with Crippen LogP contribution in [-0.4, -0.2) is 52.0 Å². The summed E-state index contributed by atoms with van der Waals surface area (Å²) in [6.45, 7) is 7.17. The molecule has 1 saturated heterocycles. The summed E-state index contributed by atoms with van der Waals surface area (Å²) < 4.78 is 37.7. The highest BCUT2D eigenvalue weighted by Gasteiger charge is 2.44. The predicted molar refractivity (Wildman–Crippen MR) is 104 cm³/mol. The number of ether oxygens (including phenoxy) is 2. The molecule has 1 aromatic carbocycles. The van der Waals surface area contributed by atoms with E-state index in [2.05, 4.69) is 4.90 Å². The third-order valence-corrected chi connectivity index (χ3v) is 8.04. The monoisotopic (exact) mass is 395 g/mol. The molecule has 3 rings (SSSR count). The predicted octanol–water partition coefficient (Wildman–Crippen LogP) is 2.72. The van der Waals surface area contributed by atoms with Crippen LogP contribution in [0.4, 0.5) is 5.69 Å². The first-order valence-electron chi connectivity index (χ1n) is 9.55. The summed E-state index contributed by atoms with van der Waals surface area (Å²) in [6, 6.07) is 5.61. The molecule has 1 aliphatic carbocycles.